The van der Waals surface area contributed by atoms with Gasteiger partial charge in [0.2, 0.25) is 0 Å². The average molecular weight is 255 g/mol. The Morgan fingerprint density at radius 2 is 2.00 bits per heavy atom. The molecule has 2 heterocycles. The molecule has 0 unspecified atom stereocenters. The highest BCUT2D eigenvalue weighted by atomic mass is 32.2. The molecule has 0 atom stereocenters. The lowest BCUT2D eigenvalue weighted by molar-refractivity contribution is 0.0831. The van der Waals surface area contributed by atoms with Crippen LogP contribution in [0.1, 0.15) is 24.2 Å². The predicted octanol–water partition coefficient (Wildman–Crippen LogP) is 0.627. The molecule has 1 aromatic rings. The molecule has 0 bridgehead atoms. The lowest BCUT2D eigenvalue weighted by atomic mass is 10.2. The van der Waals surface area contributed by atoms with Gasteiger partial charge in [0.05, 0.1) is 5.56 Å². The van der Waals surface area contributed by atoms with Crippen molar-refractivity contribution in [1.29, 1.82) is 0 Å². The summed E-state index contributed by atoms with van der Waals surface area (Å²) in [6, 6.07) is 2.76. The van der Waals surface area contributed by atoms with Gasteiger partial charge < -0.3 is 0 Å². The van der Waals surface area contributed by atoms with Crippen molar-refractivity contribution in [3.05, 3.63) is 23.9 Å². The minimum Gasteiger partial charge on any atom is -0.268 e. The summed E-state index contributed by atoms with van der Waals surface area (Å²) in [7, 11) is -2.42. The Labute approximate surface area is 100 Å². The van der Waals surface area contributed by atoms with Gasteiger partial charge in [-0.2, -0.15) is 8.42 Å². The molecule has 2 rings (SSSR count). The smallest absolute Gasteiger partial charge is 0.268 e. The van der Waals surface area contributed by atoms with Crippen molar-refractivity contribution in [3.63, 3.8) is 0 Å². The molecule has 1 aliphatic rings. The maximum atomic E-state index is 12.1. The van der Waals surface area contributed by atoms with E-state index in [1.54, 1.807) is 26.0 Å². The van der Waals surface area contributed by atoms with E-state index in [1.807, 2.05) is 0 Å². The number of pyridine rings is 1. The highest BCUT2D eigenvalue weighted by molar-refractivity contribution is 7.91. The van der Waals surface area contributed by atoms with E-state index in [4.69, 9.17) is 0 Å². The van der Waals surface area contributed by atoms with E-state index in [-0.39, 0.29) is 5.82 Å². The van der Waals surface area contributed by atoms with Crippen molar-refractivity contribution >= 4 is 21.9 Å². The van der Waals surface area contributed by atoms with Crippen molar-refractivity contribution in [1.82, 2.24) is 9.29 Å². The summed E-state index contributed by atoms with van der Waals surface area (Å²) >= 11 is 0. The van der Waals surface area contributed by atoms with Crippen molar-refractivity contribution in [2.75, 3.05) is 11.4 Å². The second-order valence-electron chi connectivity index (χ2n) is 4.04. The Morgan fingerprint density at radius 3 is 2.59 bits per heavy atom. The van der Waals surface area contributed by atoms with Crippen LogP contribution in [0.4, 0.5) is 5.82 Å². The summed E-state index contributed by atoms with van der Waals surface area (Å²) in [5.74, 6) is -0.351. The molecule has 7 heteroatoms. The van der Waals surface area contributed by atoms with E-state index in [0.717, 1.165) is 8.61 Å². The molecule has 1 amide bonds. The first kappa shape index (κ1) is 11.8. The first-order valence-electron chi connectivity index (χ1n) is 5.15. The molecular formula is C10H13N3O3S. The van der Waals surface area contributed by atoms with Gasteiger partial charge >= 0.3 is 10.2 Å². The van der Waals surface area contributed by atoms with Gasteiger partial charge in [0.1, 0.15) is 0 Å². The zero-order chi connectivity index (χ0) is 12.8. The number of carbonyl (C=O) groups excluding carboxylic acids is 1. The number of aromatic nitrogens is 1. The Bertz CT molecular complexity index is 568. The maximum absolute atomic E-state index is 12.1. The number of amides is 1. The molecule has 1 aromatic heterocycles. The summed E-state index contributed by atoms with van der Waals surface area (Å²) < 4.78 is 26.1. The third-order valence-electron chi connectivity index (χ3n) is 2.58. The minimum absolute atomic E-state index is 0.175. The number of hydrogen-bond acceptors (Lipinski definition) is 4. The molecule has 0 saturated heterocycles. The fraction of sp³-hybridized carbons (Fsp3) is 0.400. The van der Waals surface area contributed by atoms with Gasteiger partial charge in [-0.1, -0.05) is 0 Å². The molecular weight excluding hydrogens is 242 g/mol. The lowest BCUT2D eigenvalue weighted by Crippen LogP contribution is -2.52. The first-order valence-corrected chi connectivity index (χ1v) is 6.54. The van der Waals surface area contributed by atoms with Gasteiger partial charge in [0.15, 0.2) is 5.82 Å². The molecule has 0 aliphatic carbocycles. The summed E-state index contributed by atoms with van der Waals surface area (Å²) in [6.45, 7) is 3.31. The normalized spacial score (nSPS) is 18.5. The van der Waals surface area contributed by atoms with Gasteiger partial charge in [-0.05, 0) is 26.0 Å². The standard InChI is InChI=1S/C10H13N3O3S/c1-7(2)13-10(14)8-5-4-6-11-9(8)12(3)17(13,15)16/h4-7H,1-3H3. The molecule has 0 spiro atoms. The van der Waals surface area contributed by atoms with Crippen molar-refractivity contribution in [2.45, 2.75) is 19.9 Å². The number of nitrogens with zero attached hydrogens (tertiary/aromatic N) is 3. The van der Waals surface area contributed by atoms with Crippen LogP contribution >= 0.6 is 0 Å². The van der Waals surface area contributed by atoms with E-state index in [1.165, 1.54) is 13.2 Å². The van der Waals surface area contributed by atoms with Gasteiger partial charge in [-0.25, -0.2) is 13.6 Å². The second-order valence-corrected chi connectivity index (χ2v) is 5.88. The van der Waals surface area contributed by atoms with Crippen LogP contribution in [0.2, 0.25) is 0 Å². The van der Waals surface area contributed by atoms with E-state index >= 15 is 0 Å². The minimum atomic E-state index is -3.81. The molecule has 1 aliphatic heterocycles. The van der Waals surface area contributed by atoms with Crippen molar-refractivity contribution in [2.24, 2.45) is 0 Å². The molecule has 0 aromatic carbocycles. The van der Waals surface area contributed by atoms with Crippen molar-refractivity contribution < 1.29 is 13.2 Å². The fourth-order valence-corrected chi connectivity index (χ4v) is 3.25. The van der Waals surface area contributed by atoms with Crippen LogP contribution in [-0.2, 0) is 10.2 Å². The topological polar surface area (TPSA) is 70.6 Å². The summed E-state index contributed by atoms with van der Waals surface area (Å²) in [6.07, 6.45) is 1.46. The summed E-state index contributed by atoms with van der Waals surface area (Å²) in [4.78, 5) is 16.0. The first-order chi connectivity index (χ1) is 7.87. The molecule has 6 nitrogen and oxygen atoms in total. The number of hydrogen-bond donors (Lipinski definition) is 0. The fourth-order valence-electron chi connectivity index (χ4n) is 1.78. The predicted molar refractivity (Wildman–Crippen MR) is 62.9 cm³/mol. The maximum Gasteiger partial charge on any atom is 0.330 e. The number of carbonyl (C=O) groups is 1. The number of rotatable bonds is 1. The molecule has 0 radical (unpaired) electrons. The third-order valence-corrected chi connectivity index (χ3v) is 4.53. The van der Waals surface area contributed by atoms with E-state index in [0.29, 0.717) is 5.56 Å². The van der Waals surface area contributed by atoms with E-state index in [2.05, 4.69) is 4.98 Å². The Kier molecular flexibility index (Phi) is 2.57. The van der Waals surface area contributed by atoms with Gasteiger partial charge in [0.25, 0.3) is 5.91 Å². The SMILES string of the molecule is CC(C)N1C(=O)c2cccnc2N(C)S1(=O)=O. The zero-order valence-corrected chi connectivity index (χ0v) is 10.6. The van der Waals surface area contributed by atoms with Crippen LogP contribution in [0.3, 0.4) is 0 Å². The van der Waals surface area contributed by atoms with Crippen molar-refractivity contribution in [3.8, 4) is 0 Å². The average Bonchev–Trinajstić information content (AvgIpc) is 2.25. The summed E-state index contributed by atoms with van der Waals surface area (Å²) in [5, 5.41) is 0. The monoisotopic (exact) mass is 255 g/mol. The lowest BCUT2D eigenvalue weighted by Gasteiger charge is -2.35. The number of fused-ring (bicyclic) bond motifs is 1. The Balaban J connectivity index is 2.70. The molecule has 92 valence electrons. The van der Waals surface area contributed by atoms with Gasteiger partial charge in [0, 0.05) is 19.3 Å². The quantitative estimate of drug-likeness (QED) is 0.738. The Hall–Kier alpha value is -1.63. The highest BCUT2D eigenvalue weighted by Crippen LogP contribution is 2.29. The largest absolute Gasteiger partial charge is 0.330 e. The van der Waals surface area contributed by atoms with Crippen LogP contribution in [-0.4, -0.2) is 36.7 Å². The van der Waals surface area contributed by atoms with Crippen LogP contribution in [0.5, 0.6) is 0 Å². The molecule has 17 heavy (non-hydrogen) atoms. The van der Waals surface area contributed by atoms with E-state index in [9.17, 15) is 13.2 Å². The van der Waals surface area contributed by atoms with Gasteiger partial charge in [-0.3, -0.25) is 4.79 Å². The molecule has 0 N–H and O–H groups in total. The summed E-state index contributed by atoms with van der Waals surface area (Å²) in [5.41, 5.74) is 0.304. The molecule has 0 fully saturated rings. The number of anilines is 1. The van der Waals surface area contributed by atoms with Gasteiger partial charge in [-0.15, -0.1) is 0 Å². The van der Waals surface area contributed by atoms with Crippen LogP contribution in [0.15, 0.2) is 18.3 Å². The van der Waals surface area contributed by atoms with Crippen LogP contribution in [0.25, 0.3) is 0 Å². The highest BCUT2D eigenvalue weighted by Gasteiger charge is 2.41. The zero-order valence-electron chi connectivity index (χ0n) is 9.78. The van der Waals surface area contributed by atoms with Crippen LogP contribution in [0, 0.1) is 0 Å². The van der Waals surface area contributed by atoms with Crippen LogP contribution < -0.4 is 4.31 Å². The molecule has 0 saturated carbocycles. The van der Waals surface area contributed by atoms with E-state index < -0.39 is 22.2 Å². The second kappa shape index (κ2) is 3.69. The third kappa shape index (κ3) is 1.57. The Morgan fingerprint density at radius 1 is 1.35 bits per heavy atom.